The number of esters is 1. The van der Waals surface area contributed by atoms with Crippen molar-refractivity contribution in [3.05, 3.63) is 59.7 Å². The third-order valence-electron chi connectivity index (χ3n) is 7.23. The molecule has 36 heavy (non-hydrogen) atoms. The van der Waals surface area contributed by atoms with Crippen LogP contribution in [0.5, 0.6) is 0 Å². The van der Waals surface area contributed by atoms with Gasteiger partial charge in [0.1, 0.15) is 6.04 Å². The van der Waals surface area contributed by atoms with Gasteiger partial charge in [0.25, 0.3) is 0 Å². The molecule has 0 bridgehead atoms. The molecule has 1 aromatic heterocycles. The molecule has 1 atom stereocenters. The van der Waals surface area contributed by atoms with Gasteiger partial charge >= 0.3 is 11.9 Å². The molecule has 0 aliphatic heterocycles. The summed E-state index contributed by atoms with van der Waals surface area (Å²) >= 11 is 0. The molecule has 192 valence electrons. The Balaban J connectivity index is 1.86. The van der Waals surface area contributed by atoms with Gasteiger partial charge in [-0.1, -0.05) is 49.6 Å². The number of carboxylic acid groups (broad SMARTS) is 1. The average molecular weight is 492 g/mol. The largest absolute Gasteiger partial charge is 0.480 e. The van der Waals surface area contributed by atoms with Crippen molar-refractivity contribution in [3.8, 4) is 11.3 Å². The fraction of sp³-hybridized carbons (Fsp3) is 0.448. The van der Waals surface area contributed by atoms with E-state index in [1.807, 2.05) is 36.9 Å². The lowest BCUT2D eigenvalue weighted by atomic mass is 9.83. The zero-order valence-corrected chi connectivity index (χ0v) is 21.5. The predicted molar refractivity (Wildman–Crippen MR) is 142 cm³/mol. The van der Waals surface area contributed by atoms with Gasteiger partial charge in [-0.15, -0.1) is 0 Å². The Morgan fingerprint density at radius 2 is 1.86 bits per heavy atom. The molecule has 0 amide bonds. The number of nitrogens with zero attached hydrogens (tertiary/aromatic N) is 2. The Morgan fingerprint density at radius 1 is 1.11 bits per heavy atom. The lowest BCUT2D eigenvalue weighted by molar-refractivity contribution is -0.143. The normalized spacial score (nSPS) is 15.3. The van der Waals surface area contributed by atoms with Crippen molar-refractivity contribution in [2.75, 3.05) is 34.3 Å². The molecule has 7 nitrogen and oxygen atoms in total. The second-order valence-electron chi connectivity index (χ2n) is 9.98. The molecule has 2 N–H and O–H groups in total. The summed E-state index contributed by atoms with van der Waals surface area (Å²) < 4.78 is 6.93. The predicted octanol–water partition coefficient (Wildman–Crippen LogP) is 4.95. The number of methoxy groups -OCH3 is 1. The van der Waals surface area contributed by atoms with Crippen LogP contribution in [-0.2, 0) is 16.1 Å². The second-order valence-corrected chi connectivity index (χ2v) is 9.98. The first-order valence-electron chi connectivity index (χ1n) is 12.8. The first-order valence-corrected chi connectivity index (χ1v) is 12.8. The van der Waals surface area contributed by atoms with Crippen LogP contribution in [0.1, 0.15) is 54.1 Å². The maximum absolute atomic E-state index is 12.8. The number of benzene rings is 2. The number of aliphatic carboxylic acids is 1. The molecule has 3 aromatic rings. The van der Waals surface area contributed by atoms with Crippen LogP contribution < -0.4 is 5.32 Å². The highest BCUT2D eigenvalue weighted by molar-refractivity contribution is 5.97. The van der Waals surface area contributed by atoms with Gasteiger partial charge in [-0.05, 0) is 56.6 Å². The van der Waals surface area contributed by atoms with Crippen molar-refractivity contribution >= 4 is 22.8 Å². The second kappa shape index (κ2) is 11.7. The number of carbonyl (C=O) groups is 2. The maximum atomic E-state index is 12.8. The molecule has 0 radical (unpaired) electrons. The highest BCUT2D eigenvalue weighted by atomic mass is 16.5. The summed E-state index contributed by atoms with van der Waals surface area (Å²) in [6.45, 7) is 2.47. The Kier molecular flexibility index (Phi) is 8.44. The highest BCUT2D eigenvalue weighted by Gasteiger charge is 2.34. The van der Waals surface area contributed by atoms with E-state index in [9.17, 15) is 14.7 Å². The van der Waals surface area contributed by atoms with Crippen molar-refractivity contribution in [1.29, 1.82) is 0 Å². The third kappa shape index (κ3) is 5.63. The smallest absolute Gasteiger partial charge is 0.337 e. The minimum atomic E-state index is -0.828. The van der Waals surface area contributed by atoms with E-state index in [4.69, 9.17) is 4.74 Å². The molecule has 1 saturated carbocycles. The van der Waals surface area contributed by atoms with E-state index in [1.54, 1.807) is 12.1 Å². The van der Waals surface area contributed by atoms with E-state index in [-0.39, 0.29) is 5.92 Å². The SMILES string of the molecule is COC(=O)c1ccc2cc(-c3ccccc3CNCCN(C)C)n(C(C(=O)O)C3CCCCC3)c2c1. The molecule has 1 fully saturated rings. The van der Waals surface area contributed by atoms with Crippen LogP contribution in [0.25, 0.3) is 22.2 Å². The first-order chi connectivity index (χ1) is 17.4. The monoisotopic (exact) mass is 491 g/mol. The van der Waals surface area contributed by atoms with Crippen molar-refractivity contribution in [1.82, 2.24) is 14.8 Å². The number of hydrogen-bond acceptors (Lipinski definition) is 5. The lowest BCUT2D eigenvalue weighted by Crippen LogP contribution is -2.29. The summed E-state index contributed by atoms with van der Waals surface area (Å²) in [5.41, 5.74) is 4.16. The lowest BCUT2D eigenvalue weighted by Gasteiger charge is -2.30. The maximum Gasteiger partial charge on any atom is 0.337 e. The van der Waals surface area contributed by atoms with Gasteiger partial charge in [-0.3, -0.25) is 0 Å². The summed E-state index contributed by atoms with van der Waals surface area (Å²) in [6, 6.07) is 14.9. The zero-order chi connectivity index (χ0) is 25.7. The van der Waals surface area contributed by atoms with Gasteiger partial charge in [-0.2, -0.15) is 0 Å². The fourth-order valence-corrected chi connectivity index (χ4v) is 5.40. The van der Waals surface area contributed by atoms with Crippen LogP contribution in [-0.4, -0.2) is 60.8 Å². The van der Waals surface area contributed by atoms with E-state index in [2.05, 4.69) is 28.4 Å². The van der Waals surface area contributed by atoms with E-state index in [0.29, 0.717) is 12.1 Å². The number of ether oxygens (including phenoxy) is 1. The fourth-order valence-electron chi connectivity index (χ4n) is 5.40. The standard InChI is InChI=1S/C29H37N3O4/c1-31(2)16-15-30-19-23-11-7-8-12-24(23)26-17-21-13-14-22(29(35)36-3)18-25(21)32(26)27(28(33)34)20-9-5-4-6-10-20/h7-8,11-14,17-18,20,27,30H,4-6,9-10,15-16,19H2,1-3H3,(H,33,34). The number of likely N-dealkylation sites (N-methyl/N-ethyl adjacent to an activating group) is 1. The van der Waals surface area contributed by atoms with Crippen LogP contribution >= 0.6 is 0 Å². The van der Waals surface area contributed by atoms with E-state index in [0.717, 1.165) is 72.9 Å². The van der Waals surface area contributed by atoms with Crippen LogP contribution in [0.15, 0.2) is 48.5 Å². The minimum absolute atomic E-state index is 0.0396. The third-order valence-corrected chi connectivity index (χ3v) is 7.23. The van der Waals surface area contributed by atoms with Crippen LogP contribution in [0.4, 0.5) is 0 Å². The molecule has 4 rings (SSSR count). The van der Waals surface area contributed by atoms with Crippen LogP contribution in [0.3, 0.4) is 0 Å². The number of carbonyl (C=O) groups excluding carboxylic acids is 1. The Morgan fingerprint density at radius 3 is 2.56 bits per heavy atom. The Labute approximate surface area is 213 Å². The number of nitrogens with one attached hydrogen (secondary N) is 1. The number of aromatic nitrogens is 1. The van der Waals surface area contributed by atoms with Gasteiger partial charge in [0.15, 0.2) is 0 Å². The van der Waals surface area contributed by atoms with Gasteiger partial charge in [0.05, 0.1) is 23.9 Å². The van der Waals surface area contributed by atoms with Crippen molar-refractivity contribution in [3.63, 3.8) is 0 Å². The zero-order valence-electron chi connectivity index (χ0n) is 21.5. The summed E-state index contributed by atoms with van der Waals surface area (Å²) in [4.78, 5) is 27.3. The number of fused-ring (bicyclic) bond motifs is 1. The topological polar surface area (TPSA) is 83.8 Å². The molecule has 1 aliphatic carbocycles. The summed E-state index contributed by atoms with van der Waals surface area (Å²) in [7, 11) is 5.46. The van der Waals surface area contributed by atoms with E-state index in [1.165, 1.54) is 7.11 Å². The van der Waals surface area contributed by atoms with Gasteiger partial charge in [0.2, 0.25) is 0 Å². The van der Waals surface area contributed by atoms with Crippen molar-refractivity contribution in [2.45, 2.75) is 44.7 Å². The molecular weight excluding hydrogens is 454 g/mol. The first kappa shape index (κ1) is 25.9. The summed E-state index contributed by atoms with van der Waals surface area (Å²) in [5.74, 6) is -1.22. The molecule has 1 unspecified atom stereocenters. The molecule has 1 aliphatic rings. The Hall–Kier alpha value is -3.16. The van der Waals surface area contributed by atoms with Gasteiger partial charge in [0, 0.05) is 30.6 Å². The molecule has 2 aromatic carbocycles. The van der Waals surface area contributed by atoms with E-state index >= 15 is 0 Å². The van der Waals surface area contributed by atoms with Crippen LogP contribution in [0, 0.1) is 5.92 Å². The van der Waals surface area contributed by atoms with Gasteiger partial charge < -0.3 is 24.6 Å². The molecule has 0 saturated heterocycles. The quantitative estimate of drug-likeness (QED) is 0.308. The Bertz CT molecular complexity index is 1210. The number of carboxylic acids is 1. The minimum Gasteiger partial charge on any atom is -0.480 e. The number of rotatable bonds is 10. The summed E-state index contributed by atoms with van der Waals surface area (Å²) in [6.07, 6.45) is 5.02. The molecule has 1 heterocycles. The van der Waals surface area contributed by atoms with Gasteiger partial charge in [-0.25, -0.2) is 9.59 Å². The molecule has 7 heteroatoms. The molecule has 0 spiro atoms. The van der Waals surface area contributed by atoms with E-state index < -0.39 is 18.0 Å². The van der Waals surface area contributed by atoms with Crippen molar-refractivity contribution < 1.29 is 19.4 Å². The summed E-state index contributed by atoms with van der Waals surface area (Å²) in [5, 5.41) is 14.9. The highest BCUT2D eigenvalue weighted by Crippen LogP contribution is 2.40. The molecular formula is C29H37N3O4. The van der Waals surface area contributed by atoms with Crippen molar-refractivity contribution in [2.24, 2.45) is 5.92 Å². The number of hydrogen-bond donors (Lipinski definition) is 2. The van der Waals surface area contributed by atoms with Crippen LogP contribution in [0.2, 0.25) is 0 Å². The average Bonchev–Trinajstić information content (AvgIpc) is 3.25.